The maximum absolute atomic E-state index is 13.2. The van der Waals surface area contributed by atoms with Crippen molar-refractivity contribution in [2.45, 2.75) is 26.2 Å². The number of carbonyl (C=O) groups excluding carboxylic acids is 3. The fraction of sp³-hybridized carbons (Fsp3) is 0.290. The van der Waals surface area contributed by atoms with E-state index in [0.717, 1.165) is 27.5 Å². The third kappa shape index (κ3) is 5.29. The molecule has 1 atom stereocenters. The molecule has 0 bridgehead atoms. The van der Waals surface area contributed by atoms with Crippen molar-refractivity contribution in [3.8, 4) is 10.6 Å². The zero-order chi connectivity index (χ0) is 26.9. The Balaban J connectivity index is 1.02. The van der Waals surface area contributed by atoms with E-state index in [1.807, 2.05) is 65.6 Å². The summed E-state index contributed by atoms with van der Waals surface area (Å²) in [6, 6.07) is 23.6. The zero-order valence-electron chi connectivity index (χ0n) is 21.8. The Labute approximate surface area is 231 Å². The summed E-state index contributed by atoms with van der Waals surface area (Å²) in [5.41, 5.74) is 4.82. The van der Waals surface area contributed by atoms with E-state index in [1.165, 1.54) is 10.3 Å². The highest BCUT2D eigenvalue weighted by atomic mass is 32.1. The Kier molecular flexibility index (Phi) is 6.87. The maximum atomic E-state index is 13.2. The quantitative estimate of drug-likeness (QED) is 0.364. The topological polar surface area (TPSA) is 82.6 Å². The predicted molar refractivity (Wildman–Crippen MR) is 155 cm³/mol. The molecule has 3 aromatic carbocycles. The minimum Gasteiger partial charge on any atom is -0.342 e. The number of para-hydroxylation sites is 1. The largest absolute Gasteiger partial charge is 0.342 e. The van der Waals surface area contributed by atoms with Gasteiger partial charge in [0, 0.05) is 48.9 Å². The molecule has 1 aromatic heterocycles. The number of fused-ring (bicyclic) bond motifs is 1. The monoisotopic (exact) mass is 538 g/mol. The molecule has 7 nitrogen and oxygen atoms in total. The molecule has 2 aliphatic rings. The van der Waals surface area contributed by atoms with Crippen molar-refractivity contribution >= 4 is 50.6 Å². The molecule has 1 unspecified atom stereocenters. The first-order valence-corrected chi connectivity index (χ1v) is 14.2. The molecule has 39 heavy (non-hydrogen) atoms. The molecule has 2 aliphatic heterocycles. The lowest BCUT2D eigenvalue weighted by Crippen LogP contribution is -2.44. The van der Waals surface area contributed by atoms with Gasteiger partial charge in [-0.2, -0.15) is 0 Å². The Morgan fingerprint density at radius 1 is 0.949 bits per heavy atom. The number of thiazole rings is 1. The van der Waals surface area contributed by atoms with Crippen LogP contribution in [0.1, 0.15) is 24.8 Å². The summed E-state index contributed by atoms with van der Waals surface area (Å²) < 4.78 is 1.17. The van der Waals surface area contributed by atoms with Gasteiger partial charge < -0.3 is 15.1 Å². The normalized spacial score (nSPS) is 18.1. The molecule has 0 aliphatic carbocycles. The minimum absolute atomic E-state index is 0.0150. The van der Waals surface area contributed by atoms with Crippen molar-refractivity contribution in [1.82, 2.24) is 9.88 Å². The minimum atomic E-state index is -0.332. The Morgan fingerprint density at radius 2 is 1.69 bits per heavy atom. The van der Waals surface area contributed by atoms with Crippen molar-refractivity contribution in [3.63, 3.8) is 0 Å². The van der Waals surface area contributed by atoms with Crippen LogP contribution >= 0.6 is 11.3 Å². The Morgan fingerprint density at radius 3 is 2.44 bits per heavy atom. The van der Waals surface area contributed by atoms with Crippen LogP contribution in [0.3, 0.4) is 0 Å². The number of aromatic nitrogens is 1. The van der Waals surface area contributed by atoms with Gasteiger partial charge in [-0.15, -0.1) is 11.3 Å². The van der Waals surface area contributed by atoms with Crippen LogP contribution in [0.15, 0.2) is 72.8 Å². The third-order valence-corrected chi connectivity index (χ3v) is 8.73. The van der Waals surface area contributed by atoms with Gasteiger partial charge in [0.2, 0.25) is 17.7 Å². The predicted octanol–water partition coefficient (Wildman–Crippen LogP) is 5.50. The SMILES string of the molecule is Cc1ccc2nc(-c3ccc(NC(=O)C4CCN(C(=O)C5CC(=O)N(c6ccccc6)C5)CC4)cc3)sc2c1. The van der Waals surface area contributed by atoms with E-state index in [9.17, 15) is 14.4 Å². The number of hydrogen-bond donors (Lipinski definition) is 1. The number of nitrogens with one attached hydrogen (secondary N) is 1. The van der Waals surface area contributed by atoms with Crippen LogP contribution in [0.5, 0.6) is 0 Å². The van der Waals surface area contributed by atoms with Gasteiger partial charge in [-0.1, -0.05) is 24.3 Å². The first kappa shape index (κ1) is 25.2. The molecule has 1 N–H and O–H groups in total. The molecule has 2 saturated heterocycles. The van der Waals surface area contributed by atoms with E-state index in [1.54, 1.807) is 16.2 Å². The van der Waals surface area contributed by atoms with Gasteiger partial charge in [-0.05, 0) is 73.9 Å². The van der Waals surface area contributed by atoms with Gasteiger partial charge in [0.05, 0.1) is 16.1 Å². The van der Waals surface area contributed by atoms with Gasteiger partial charge in [0.15, 0.2) is 0 Å². The number of amides is 3. The van der Waals surface area contributed by atoms with Crippen molar-refractivity contribution in [1.29, 1.82) is 0 Å². The number of anilines is 2. The van der Waals surface area contributed by atoms with Crippen LogP contribution in [0, 0.1) is 18.8 Å². The Hall–Kier alpha value is -4.04. The molecule has 2 fully saturated rings. The van der Waals surface area contributed by atoms with Crippen molar-refractivity contribution in [3.05, 3.63) is 78.4 Å². The van der Waals surface area contributed by atoms with Crippen LogP contribution in [-0.4, -0.2) is 47.2 Å². The van der Waals surface area contributed by atoms with Gasteiger partial charge in [0.1, 0.15) is 5.01 Å². The molecule has 3 amide bonds. The lowest BCUT2D eigenvalue weighted by atomic mass is 9.94. The molecular weight excluding hydrogens is 508 g/mol. The van der Waals surface area contributed by atoms with E-state index in [4.69, 9.17) is 4.98 Å². The van der Waals surface area contributed by atoms with E-state index in [0.29, 0.717) is 32.5 Å². The molecule has 8 heteroatoms. The van der Waals surface area contributed by atoms with Gasteiger partial charge in [-0.3, -0.25) is 14.4 Å². The summed E-state index contributed by atoms with van der Waals surface area (Å²) in [5.74, 6) is -0.496. The van der Waals surface area contributed by atoms with Crippen molar-refractivity contribution in [2.75, 3.05) is 29.9 Å². The van der Waals surface area contributed by atoms with E-state index in [2.05, 4.69) is 24.4 Å². The average molecular weight is 539 g/mol. The first-order valence-electron chi connectivity index (χ1n) is 13.4. The summed E-state index contributed by atoms with van der Waals surface area (Å²) in [4.78, 5) is 46.9. The Bertz CT molecular complexity index is 1520. The second-order valence-corrected chi connectivity index (χ2v) is 11.4. The standard InChI is InChI=1S/C31H30N4O3S/c1-20-7-12-26-27(17-20)39-30(33-26)22-8-10-24(11-9-22)32-29(37)21-13-15-34(16-14-21)31(38)23-18-28(36)35(19-23)25-5-3-2-4-6-25/h2-12,17,21,23H,13-16,18-19H2,1H3,(H,32,37). The lowest BCUT2D eigenvalue weighted by molar-refractivity contribution is -0.138. The van der Waals surface area contributed by atoms with Crippen LogP contribution in [0.4, 0.5) is 11.4 Å². The smallest absolute Gasteiger partial charge is 0.228 e. The lowest BCUT2D eigenvalue weighted by Gasteiger charge is -2.33. The number of carbonyl (C=O) groups is 3. The summed E-state index contributed by atoms with van der Waals surface area (Å²) >= 11 is 1.67. The fourth-order valence-electron chi connectivity index (χ4n) is 5.45. The van der Waals surface area contributed by atoms with E-state index < -0.39 is 0 Å². The zero-order valence-corrected chi connectivity index (χ0v) is 22.6. The first-order chi connectivity index (χ1) is 18.9. The summed E-state index contributed by atoms with van der Waals surface area (Å²) in [6.07, 6.45) is 1.47. The van der Waals surface area contributed by atoms with Crippen LogP contribution in [0.25, 0.3) is 20.8 Å². The summed E-state index contributed by atoms with van der Waals surface area (Å²) in [5, 5.41) is 4.00. The molecule has 4 aromatic rings. The molecule has 0 saturated carbocycles. The van der Waals surface area contributed by atoms with Gasteiger partial charge >= 0.3 is 0 Å². The number of likely N-dealkylation sites (tertiary alicyclic amines) is 1. The fourth-order valence-corrected chi connectivity index (χ4v) is 6.52. The van der Waals surface area contributed by atoms with Crippen LogP contribution < -0.4 is 10.2 Å². The molecule has 0 radical (unpaired) electrons. The summed E-state index contributed by atoms with van der Waals surface area (Å²) in [7, 11) is 0. The highest BCUT2D eigenvalue weighted by Gasteiger charge is 2.38. The van der Waals surface area contributed by atoms with Crippen molar-refractivity contribution < 1.29 is 14.4 Å². The number of benzene rings is 3. The number of rotatable bonds is 5. The third-order valence-electron chi connectivity index (χ3n) is 7.66. The molecule has 6 rings (SSSR count). The molecular formula is C31H30N4O3S. The van der Waals surface area contributed by atoms with Gasteiger partial charge in [-0.25, -0.2) is 4.98 Å². The van der Waals surface area contributed by atoms with E-state index in [-0.39, 0.29) is 36.0 Å². The van der Waals surface area contributed by atoms with E-state index >= 15 is 0 Å². The maximum Gasteiger partial charge on any atom is 0.228 e. The summed E-state index contributed by atoms with van der Waals surface area (Å²) in [6.45, 7) is 3.55. The molecule has 198 valence electrons. The highest BCUT2D eigenvalue weighted by molar-refractivity contribution is 7.21. The highest BCUT2D eigenvalue weighted by Crippen LogP contribution is 2.32. The number of nitrogens with zero attached hydrogens (tertiary/aromatic N) is 3. The molecule has 3 heterocycles. The second kappa shape index (κ2) is 10.6. The number of piperidine rings is 1. The van der Waals surface area contributed by atoms with Crippen LogP contribution in [-0.2, 0) is 14.4 Å². The molecule has 0 spiro atoms. The van der Waals surface area contributed by atoms with Gasteiger partial charge in [0.25, 0.3) is 0 Å². The van der Waals surface area contributed by atoms with Crippen molar-refractivity contribution in [2.24, 2.45) is 11.8 Å². The average Bonchev–Trinajstić information content (AvgIpc) is 3.57. The number of aryl methyl sites for hydroxylation is 1. The second-order valence-electron chi connectivity index (χ2n) is 10.4. The van der Waals surface area contributed by atoms with Crippen LogP contribution in [0.2, 0.25) is 0 Å². The number of hydrogen-bond acceptors (Lipinski definition) is 5.